The quantitative estimate of drug-likeness (QED) is 0.786. The van der Waals surface area contributed by atoms with Gasteiger partial charge in [0.25, 0.3) is 0 Å². The van der Waals surface area contributed by atoms with E-state index in [-0.39, 0.29) is 18.4 Å². The Morgan fingerprint density at radius 2 is 1.86 bits per heavy atom. The number of aliphatic hydroxyl groups excluding tert-OH is 1. The molecule has 0 saturated heterocycles. The minimum absolute atomic E-state index is 0.145. The normalized spacial score (nSPS) is 33.3. The van der Waals surface area contributed by atoms with Crippen LogP contribution < -0.4 is 0 Å². The highest BCUT2D eigenvalue weighted by molar-refractivity contribution is 5.28. The summed E-state index contributed by atoms with van der Waals surface area (Å²) in [4.78, 5) is 0. The Bertz CT molecular complexity index is 496. The van der Waals surface area contributed by atoms with E-state index < -0.39 is 5.60 Å². The summed E-state index contributed by atoms with van der Waals surface area (Å²) in [6.07, 6.45) is 8.48. The second-order valence-electron chi connectivity index (χ2n) is 6.71. The molecule has 2 heteroatoms. The summed E-state index contributed by atoms with van der Waals surface area (Å²) < 4.78 is 0. The van der Waals surface area contributed by atoms with Crippen molar-refractivity contribution in [2.75, 3.05) is 6.61 Å². The molecule has 2 aliphatic rings. The molecular weight excluding hydrogens is 260 g/mol. The van der Waals surface area contributed by atoms with Crippen molar-refractivity contribution < 1.29 is 10.2 Å². The van der Waals surface area contributed by atoms with Crippen molar-refractivity contribution in [1.29, 1.82) is 0 Å². The van der Waals surface area contributed by atoms with Crippen molar-refractivity contribution in [2.45, 2.75) is 38.2 Å². The first kappa shape index (κ1) is 14.8. The maximum atomic E-state index is 11.6. The van der Waals surface area contributed by atoms with E-state index in [1.165, 1.54) is 0 Å². The van der Waals surface area contributed by atoms with Gasteiger partial charge in [0.2, 0.25) is 0 Å². The Balaban J connectivity index is 1.97. The second-order valence-corrected chi connectivity index (χ2v) is 6.71. The van der Waals surface area contributed by atoms with Gasteiger partial charge in [0.15, 0.2) is 0 Å². The number of aliphatic hydroxyl groups is 2. The molecule has 3 rings (SSSR count). The third kappa shape index (κ3) is 2.45. The lowest BCUT2D eigenvalue weighted by molar-refractivity contribution is -0.0718. The van der Waals surface area contributed by atoms with Crippen LogP contribution in [0.15, 0.2) is 42.5 Å². The lowest BCUT2D eigenvalue weighted by atomic mass is 9.67. The zero-order valence-electron chi connectivity index (χ0n) is 12.8. The highest BCUT2D eigenvalue weighted by Crippen LogP contribution is 2.56. The van der Waals surface area contributed by atoms with E-state index in [0.717, 1.165) is 31.2 Å². The van der Waals surface area contributed by atoms with E-state index in [0.29, 0.717) is 11.8 Å². The molecule has 114 valence electrons. The molecule has 1 aromatic carbocycles. The molecule has 2 bridgehead atoms. The minimum atomic E-state index is -0.811. The fourth-order valence-electron chi connectivity index (χ4n) is 4.56. The Morgan fingerprint density at radius 1 is 1.14 bits per heavy atom. The van der Waals surface area contributed by atoms with Gasteiger partial charge in [-0.3, -0.25) is 0 Å². The summed E-state index contributed by atoms with van der Waals surface area (Å²) in [5.74, 6) is 1.20. The number of benzene rings is 1. The Morgan fingerprint density at radius 3 is 2.52 bits per heavy atom. The molecule has 0 aliphatic heterocycles. The number of allylic oxidation sites excluding steroid dienone is 2. The monoisotopic (exact) mass is 286 g/mol. The van der Waals surface area contributed by atoms with Gasteiger partial charge in [-0.15, -0.1) is 0 Å². The molecule has 0 heterocycles. The molecular formula is C19H26O2. The van der Waals surface area contributed by atoms with Gasteiger partial charge in [-0.25, -0.2) is 0 Å². The maximum absolute atomic E-state index is 11.6. The van der Waals surface area contributed by atoms with Crippen LogP contribution in [0.2, 0.25) is 0 Å². The molecule has 1 aromatic rings. The fourth-order valence-corrected chi connectivity index (χ4v) is 4.56. The van der Waals surface area contributed by atoms with E-state index >= 15 is 0 Å². The second kappa shape index (κ2) is 5.94. The third-order valence-electron chi connectivity index (χ3n) is 5.57. The van der Waals surface area contributed by atoms with Crippen LogP contribution in [0.1, 0.15) is 38.2 Å². The zero-order valence-corrected chi connectivity index (χ0v) is 12.8. The van der Waals surface area contributed by atoms with E-state index in [4.69, 9.17) is 0 Å². The molecule has 2 nitrogen and oxygen atoms in total. The summed E-state index contributed by atoms with van der Waals surface area (Å²) in [7, 11) is 0. The highest BCUT2D eigenvalue weighted by atomic mass is 16.3. The Hall–Kier alpha value is -1.12. The first-order valence-corrected chi connectivity index (χ1v) is 8.27. The number of unbranched alkanes of at least 4 members (excludes halogenated alkanes) is 1. The number of fused-ring (bicyclic) bond motifs is 2. The van der Waals surface area contributed by atoms with Gasteiger partial charge in [-0.2, -0.15) is 0 Å². The molecule has 2 N–H and O–H groups in total. The van der Waals surface area contributed by atoms with E-state index in [1.807, 2.05) is 30.3 Å². The number of hydrogen-bond donors (Lipinski definition) is 2. The van der Waals surface area contributed by atoms with Crippen LogP contribution in [0.3, 0.4) is 0 Å². The van der Waals surface area contributed by atoms with Crippen LogP contribution in [-0.4, -0.2) is 16.8 Å². The van der Waals surface area contributed by atoms with Crippen molar-refractivity contribution in [3.8, 4) is 0 Å². The summed E-state index contributed by atoms with van der Waals surface area (Å²) in [5.41, 5.74) is 0.206. The lowest BCUT2D eigenvalue weighted by Crippen LogP contribution is -2.43. The van der Waals surface area contributed by atoms with Crippen LogP contribution in [0, 0.1) is 23.7 Å². The maximum Gasteiger partial charge on any atom is 0.0933 e. The first-order valence-electron chi connectivity index (χ1n) is 8.27. The molecule has 0 aromatic heterocycles. The summed E-state index contributed by atoms with van der Waals surface area (Å²) in [6, 6.07) is 10.1. The van der Waals surface area contributed by atoms with Crippen molar-refractivity contribution in [3.63, 3.8) is 0 Å². The fraction of sp³-hybridized carbons (Fsp3) is 0.579. The first-order chi connectivity index (χ1) is 10.2. The van der Waals surface area contributed by atoms with Crippen molar-refractivity contribution >= 4 is 0 Å². The predicted molar refractivity (Wildman–Crippen MR) is 84.7 cm³/mol. The van der Waals surface area contributed by atoms with E-state index in [9.17, 15) is 10.2 Å². The minimum Gasteiger partial charge on any atom is -0.396 e. The average Bonchev–Trinajstić information content (AvgIpc) is 3.14. The van der Waals surface area contributed by atoms with Gasteiger partial charge in [-0.05, 0) is 36.2 Å². The molecule has 0 spiro atoms. The summed E-state index contributed by atoms with van der Waals surface area (Å²) >= 11 is 0. The SMILES string of the molecule is CCCC[C@@](O)(c1ccccc1)[C@H]1[C@@H](CO)[C@H]2C=C[C@@H]1C2. The lowest BCUT2D eigenvalue weighted by Gasteiger charge is -2.42. The van der Waals surface area contributed by atoms with Gasteiger partial charge < -0.3 is 10.2 Å². The molecule has 2 aliphatic carbocycles. The summed E-state index contributed by atoms with van der Waals surface area (Å²) in [6.45, 7) is 2.34. The Labute approximate surface area is 127 Å². The number of hydrogen-bond acceptors (Lipinski definition) is 2. The third-order valence-corrected chi connectivity index (χ3v) is 5.57. The molecule has 1 saturated carbocycles. The van der Waals surface area contributed by atoms with Crippen molar-refractivity contribution in [3.05, 3.63) is 48.0 Å². The summed E-state index contributed by atoms with van der Waals surface area (Å²) in [5, 5.41) is 21.4. The van der Waals surface area contributed by atoms with Crippen LogP contribution in [0.25, 0.3) is 0 Å². The van der Waals surface area contributed by atoms with Crippen LogP contribution in [0.5, 0.6) is 0 Å². The highest BCUT2D eigenvalue weighted by Gasteiger charge is 2.53. The van der Waals surface area contributed by atoms with Gasteiger partial charge in [0.1, 0.15) is 0 Å². The van der Waals surface area contributed by atoms with Crippen molar-refractivity contribution in [2.24, 2.45) is 23.7 Å². The molecule has 5 atom stereocenters. The van der Waals surface area contributed by atoms with Gasteiger partial charge in [-0.1, -0.05) is 62.2 Å². The smallest absolute Gasteiger partial charge is 0.0933 e. The molecule has 21 heavy (non-hydrogen) atoms. The van der Waals surface area contributed by atoms with Gasteiger partial charge in [0, 0.05) is 12.5 Å². The van der Waals surface area contributed by atoms with Crippen LogP contribution >= 0.6 is 0 Å². The average molecular weight is 286 g/mol. The molecule has 0 amide bonds. The van der Waals surface area contributed by atoms with Crippen LogP contribution in [-0.2, 0) is 5.60 Å². The van der Waals surface area contributed by atoms with E-state index in [1.54, 1.807) is 0 Å². The predicted octanol–water partition coefficient (Wildman–Crippen LogP) is 3.50. The zero-order chi connectivity index (χ0) is 14.9. The topological polar surface area (TPSA) is 40.5 Å². The molecule has 0 unspecified atom stereocenters. The molecule has 1 fully saturated rings. The van der Waals surface area contributed by atoms with Gasteiger partial charge >= 0.3 is 0 Å². The van der Waals surface area contributed by atoms with Crippen molar-refractivity contribution in [1.82, 2.24) is 0 Å². The van der Waals surface area contributed by atoms with Crippen LogP contribution in [0.4, 0.5) is 0 Å². The molecule has 0 radical (unpaired) electrons. The largest absolute Gasteiger partial charge is 0.396 e. The van der Waals surface area contributed by atoms with E-state index in [2.05, 4.69) is 19.1 Å². The standard InChI is InChI=1S/C19H26O2/c1-2-3-11-19(21,16-7-5-4-6-8-16)18-15-10-9-14(12-15)17(18)13-20/h4-10,14-15,17-18,20-21H,2-3,11-13H2,1H3/t14-,15+,17-,18+,19+/m0/s1. The number of rotatable bonds is 6. The van der Waals surface area contributed by atoms with Gasteiger partial charge in [0.05, 0.1) is 5.60 Å². The Kier molecular flexibility index (Phi) is 4.19.